The fraction of sp³-hybridized carbons (Fsp3) is 0.143. The molecule has 3 aromatic rings. The maximum absolute atomic E-state index is 9.91. The number of benzene rings is 2. The Morgan fingerprint density at radius 3 is 2.79 bits per heavy atom. The summed E-state index contributed by atoms with van der Waals surface area (Å²) in [6.45, 7) is 0.0439. The molecule has 0 saturated heterocycles. The van der Waals surface area contributed by atoms with Crippen molar-refractivity contribution in [1.29, 1.82) is 0 Å². The van der Waals surface area contributed by atoms with Crippen LogP contribution < -0.4 is 0 Å². The monoisotopic (exact) mass is 252 g/mol. The third-order valence-electron chi connectivity index (χ3n) is 3.23. The summed E-state index contributed by atoms with van der Waals surface area (Å²) >= 11 is 0. The molecular weight excluding hydrogens is 240 g/mol. The smallest absolute Gasteiger partial charge is 0.0847 e. The Morgan fingerprint density at radius 2 is 1.95 bits per heavy atom. The van der Waals surface area contributed by atoms with Gasteiger partial charge in [0.25, 0.3) is 0 Å². The van der Waals surface area contributed by atoms with Gasteiger partial charge in [0, 0.05) is 26.7 Å². The summed E-state index contributed by atoms with van der Waals surface area (Å²) in [6.07, 6.45) is -0.772. The van der Waals surface area contributed by atoms with Crippen molar-refractivity contribution >= 4 is 21.8 Å². The number of nitrogens with one attached hydrogen (secondary N) is 1. The molecule has 0 saturated carbocycles. The minimum absolute atomic E-state index is 0.0439. The van der Waals surface area contributed by atoms with Gasteiger partial charge in [-0.1, -0.05) is 35.4 Å². The molecular formula is C14H12N4O. The summed E-state index contributed by atoms with van der Waals surface area (Å²) in [4.78, 5) is 5.97. The van der Waals surface area contributed by atoms with Crippen molar-refractivity contribution in [3.63, 3.8) is 0 Å². The molecule has 0 radical (unpaired) electrons. The highest BCUT2D eigenvalue weighted by atomic mass is 16.3. The third kappa shape index (κ3) is 2.01. The Hall–Kier alpha value is -2.49. The summed E-state index contributed by atoms with van der Waals surface area (Å²) in [5, 5.41) is 15.6. The molecule has 0 spiro atoms. The first-order chi connectivity index (χ1) is 9.29. The second-order valence-electron chi connectivity index (χ2n) is 4.40. The van der Waals surface area contributed by atoms with E-state index in [0.717, 1.165) is 27.4 Å². The minimum Gasteiger partial charge on any atom is -0.388 e. The molecule has 3 rings (SSSR count). The molecule has 0 aliphatic rings. The van der Waals surface area contributed by atoms with E-state index < -0.39 is 6.10 Å². The Bertz CT molecular complexity index is 786. The summed E-state index contributed by atoms with van der Waals surface area (Å²) in [5.74, 6) is 0. The van der Waals surface area contributed by atoms with Gasteiger partial charge in [0.1, 0.15) is 0 Å². The molecule has 0 fully saturated rings. The average Bonchev–Trinajstić information content (AvgIpc) is 2.82. The second kappa shape index (κ2) is 4.65. The number of nitrogens with zero attached hydrogens (tertiary/aromatic N) is 3. The van der Waals surface area contributed by atoms with Gasteiger partial charge in [-0.25, -0.2) is 0 Å². The fourth-order valence-corrected chi connectivity index (χ4v) is 2.30. The normalized spacial score (nSPS) is 12.5. The molecule has 1 heterocycles. The van der Waals surface area contributed by atoms with Crippen LogP contribution in [0.3, 0.4) is 0 Å². The molecule has 5 heteroatoms. The van der Waals surface area contributed by atoms with Crippen LogP contribution >= 0.6 is 0 Å². The zero-order valence-corrected chi connectivity index (χ0v) is 10.1. The summed E-state index contributed by atoms with van der Waals surface area (Å²) in [7, 11) is 0. The average molecular weight is 252 g/mol. The number of aromatic amines is 1. The van der Waals surface area contributed by atoms with Crippen LogP contribution in [-0.2, 0) is 0 Å². The van der Waals surface area contributed by atoms with Gasteiger partial charge in [0.15, 0.2) is 0 Å². The second-order valence-corrected chi connectivity index (χ2v) is 4.40. The molecule has 0 aliphatic heterocycles. The van der Waals surface area contributed by atoms with Gasteiger partial charge in [0.05, 0.1) is 12.6 Å². The first kappa shape index (κ1) is 11.6. The Labute approximate surface area is 109 Å². The van der Waals surface area contributed by atoms with Crippen molar-refractivity contribution in [2.24, 2.45) is 5.11 Å². The van der Waals surface area contributed by atoms with Gasteiger partial charge in [-0.15, -0.1) is 0 Å². The van der Waals surface area contributed by atoms with E-state index in [1.54, 1.807) is 0 Å². The molecule has 0 aliphatic carbocycles. The molecule has 0 amide bonds. The summed E-state index contributed by atoms with van der Waals surface area (Å²) in [5.41, 5.74) is 11.1. The van der Waals surface area contributed by atoms with Crippen molar-refractivity contribution < 1.29 is 5.11 Å². The minimum atomic E-state index is -0.772. The number of fused-ring (bicyclic) bond motifs is 3. The number of aliphatic hydroxyl groups is 1. The number of rotatable bonds is 3. The lowest BCUT2D eigenvalue weighted by molar-refractivity contribution is 0.187. The van der Waals surface area contributed by atoms with Gasteiger partial charge >= 0.3 is 0 Å². The van der Waals surface area contributed by atoms with E-state index in [1.807, 2.05) is 36.4 Å². The zero-order valence-electron chi connectivity index (χ0n) is 10.1. The van der Waals surface area contributed by atoms with E-state index in [4.69, 9.17) is 5.53 Å². The van der Waals surface area contributed by atoms with E-state index in [2.05, 4.69) is 21.1 Å². The highest BCUT2D eigenvalue weighted by Crippen LogP contribution is 2.27. The Balaban J connectivity index is 2.10. The molecule has 2 aromatic carbocycles. The number of hydrogen-bond donors (Lipinski definition) is 2. The predicted octanol–water partition coefficient (Wildman–Crippen LogP) is 3.66. The molecule has 1 aromatic heterocycles. The summed E-state index contributed by atoms with van der Waals surface area (Å²) < 4.78 is 0. The van der Waals surface area contributed by atoms with Crippen molar-refractivity contribution in [3.05, 3.63) is 58.5 Å². The van der Waals surface area contributed by atoms with Crippen LogP contribution in [-0.4, -0.2) is 16.6 Å². The quantitative estimate of drug-likeness (QED) is 0.416. The van der Waals surface area contributed by atoms with Crippen LogP contribution in [0.2, 0.25) is 0 Å². The van der Waals surface area contributed by atoms with Gasteiger partial charge in [-0.3, -0.25) is 0 Å². The van der Waals surface area contributed by atoms with Crippen LogP contribution in [0.4, 0.5) is 0 Å². The number of azide groups is 1. The van der Waals surface area contributed by atoms with E-state index in [1.165, 1.54) is 0 Å². The standard InChI is InChI=1S/C14H12N4O/c15-18-16-8-14(19)9-5-6-11-10-3-1-2-4-12(10)17-13(11)7-9/h1-7,14,17,19H,8H2. The maximum atomic E-state index is 9.91. The first-order valence-corrected chi connectivity index (χ1v) is 5.99. The largest absolute Gasteiger partial charge is 0.388 e. The molecule has 1 atom stereocenters. The van der Waals surface area contributed by atoms with E-state index >= 15 is 0 Å². The lowest BCUT2D eigenvalue weighted by Gasteiger charge is -2.07. The topological polar surface area (TPSA) is 84.8 Å². The van der Waals surface area contributed by atoms with Crippen molar-refractivity contribution in [3.8, 4) is 0 Å². The van der Waals surface area contributed by atoms with E-state index in [0.29, 0.717) is 0 Å². The first-order valence-electron chi connectivity index (χ1n) is 5.99. The predicted molar refractivity (Wildman–Crippen MR) is 74.8 cm³/mol. The lowest BCUT2D eigenvalue weighted by atomic mass is 10.1. The highest BCUT2D eigenvalue weighted by Gasteiger charge is 2.09. The van der Waals surface area contributed by atoms with Crippen molar-refractivity contribution in [1.82, 2.24) is 4.98 Å². The molecule has 5 nitrogen and oxygen atoms in total. The molecule has 1 unspecified atom stereocenters. The lowest BCUT2D eigenvalue weighted by Crippen LogP contribution is -2.00. The van der Waals surface area contributed by atoms with Crippen molar-refractivity contribution in [2.45, 2.75) is 6.10 Å². The fourth-order valence-electron chi connectivity index (χ4n) is 2.30. The molecule has 94 valence electrons. The number of H-pyrrole nitrogens is 1. The number of aliphatic hydroxyl groups excluding tert-OH is 1. The number of aromatic nitrogens is 1. The van der Waals surface area contributed by atoms with Gasteiger partial charge < -0.3 is 10.1 Å². The third-order valence-corrected chi connectivity index (χ3v) is 3.23. The van der Waals surface area contributed by atoms with Gasteiger partial charge in [-0.05, 0) is 23.2 Å². The Kier molecular flexibility index (Phi) is 2.83. The molecule has 2 N–H and O–H groups in total. The van der Waals surface area contributed by atoms with Crippen LogP contribution in [0.25, 0.3) is 32.2 Å². The summed E-state index contributed by atoms with van der Waals surface area (Å²) in [6, 6.07) is 13.8. The molecule has 0 bridgehead atoms. The maximum Gasteiger partial charge on any atom is 0.0847 e. The van der Waals surface area contributed by atoms with E-state index in [9.17, 15) is 5.11 Å². The van der Waals surface area contributed by atoms with Crippen molar-refractivity contribution in [2.75, 3.05) is 6.54 Å². The zero-order chi connectivity index (χ0) is 13.2. The highest BCUT2D eigenvalue weighted by molar-refractivity contribution is 6.07. The van der Waals surface area contributed by atoms with Crippen LogP contribution in [0.15, 0.2) is 47.6 Å². The number of para-hydroxylation sites is 1. The van der Waals surface area contributed by atoms with E-state index in [-0.39, 0.29) is 6.54 Å². The van der Waals surface area contributed by atoms with Crippen LogP contribution in [0.1, 0.15) is 11.7 Å². The van der Waals surface area contributed by atoms with Gasteiger partial charge in [0.2, 0.25) is 0 Å². The molecule has 19 heavy (non-hydrogen) atoms. The van der Waals surface area contributed by atoms with Gasteiger partial charge in [-0.2, -0.15) is 0 Å². The van der Waals surface area contributed by atoms with Crippen LogP contribution in [0, 0.1) is 0 Å². The van der Waals surface area contributed by atoms with Crippen LogP contribution in [0.5, 0.6) is 0 Å². The number of hydrogen-bond acceptors (Lipinski definition) is 2. The Morgan fingerprint density at radius 1 is 1.16 bits per heavy atom. The SMILES string of the molecule is [N-]=[N+]=NCC(O)c1ccc2c(c1)[nH]c1ccccc12.